The predicted octanol–water partition coefficient (Wildman–Crippen LogP) is 2.01. The third-order valence-electron chi connectivity index (χ3n) is 3.16. The average Bonchev–Trinajstić information content (AvgIpc) is 2.28. The van der Waals surface area contributed by atoms with Gasteiger partial charge in [-0.25, -0.2) is 5.43 Å². The molecule has 0 atom stereocenters. The van der Waals surface area contributed by atoms with Crippen LogP contribution in [0.5, 0.6) is 0 Å². The molecule has 1 aromatic carbocycles. The number of hydrazine groups is 1. The molecule has 0 spiro atoms. The molecule has 1 rings (SSSR count). The summed E-state index contributed by atoms with van der Waals surface area (Å²) in [4.78, 5) is 2.18. The number of hydrogen-bond acceptors (Lipinski definition) is 3. The summed E-state index contributed by atoms with van der Waals surface area (Å²) in [5.74, 6) is 5.90. The average molecular weight is 235 g/mol. The number of benzene rings is 1. The van der Waals surface area contributed by atoms with Crippen LogP contribution in [0.25, 0.3) is 0 Å². The minimum atomic E-state index is 0.595. The SMILES string of the molecule is Cc1ccc(C(C)C)cc1CCN(C)CNN. The molecule has 0 amide bonds. The minimum Gasteiger partial charge on any atom is -0.292 e. The first-order valence-electron chi connectivity index (χ1n) is 6.26. The molecule has 3 heteroatoms. The monoisotopic (exact) mass is 235 g/mol. The van der Waals surface area contributed by atoms with Crippen molar-refractivity contribution < 1.29 is 0 Å². The zero-order valence-corrected chi connectivity index (χ0v) is 11.5. The molecule has 0 aliphatic rings. The molecule has 1 aromatic rings. The van der Waals surface area contributed by atoms with Gasteiger partial charge in [-0.2, -0.15) is 0 Å². The molecule has 0 aromatic heterocycles. The largest absolute Gasteiger partial charge is 0.292 e. The van der Waals surface area contributed by atoms with Crippen LogP contribution in [0, 0.1) is 6.92 Å². The Balaban J connectivity index is 2.66. The molecule has 0 aliphatic heterocycles. The molecule has 0 bridgehead atoms. The Morgan fingerprint density at radius 1 is 1.35 bits per heavy atom. The first kappa shape index (κ1) is 14.2. The van der Waals surface area contributed by atoms with Gasteiger partial charge in [-0.05, 0) is 43.0 Å². The van der Waals surface area contributed by atoms with Crippen molar-refractivity contribution in [2.75, 3.05) is 20.3 Å². The number of rotatable bonds is 6. The van der Waals surface area contributed by atoms with Crippen LogP contribution >= 0.6 is 0 Å². The third kappa shape index (κ3) is 4.46. The first-order valence-corrected chi connectivity index (χ1v) is 6.26. The van der Waals surface area contributed by atoms with Gasteiger partial charge < -0.3 is 0 Å². The van der Waals surface area contributed by atoms with Crippen LogP contribution in [-0.2, 0) is 6.42 Å². The maximum atomic E-state index is 5.30. The van der Waals surface area contributed by atoms with E-state index in [9.17, 15) is 0 Å². The second-order valence-electron chi connectivity index (χ2n) is 5.03. The number of likely N-dealkylation sites (N-methyl/N-ethyl adjacent to an activating group) is 1. The normalized spacial score (nSPS) is 11.5. The van der Waals surface area contributed by atoms with Crippen molar-refractivity contribution >= 4 is 0 Å². The molecule has 0 fully saturated rings. The van der Waals surface area contributed by atoms with Crippen molar-refractivity contribution in [2.45, 2.75) is 33.1 Å². The fourth-order valence-corrected chi connectivity index (χ4v) is 1.87. The zero-order valence-electron chi connectivity index (χ0n) is 11.5. The summed E-state index contributed by atoms with van der Waals surface area (Å²) in [6.07, 6.45) is 1.07. The molecule has 3 nitrogen and oxygen atoms in total. The minimum absolute atomic E-state index is 0.595. The van der Waals surface area contributed by atoms with Gasteiger partial charge in [-0.15, -0.1) is 0 Å². The first-order chi connectivity index (χ1) is 8.04. The van der Waals surface area contributed by atoms with Crippen molar-refractivity contribution in [1.29, 1.82) is 0 Å². The number of nitrogens with one attached hydrogen (secondary N) is 1. The highest BCUT2D eigenvalue weighted by Gasteiger charge is 2.05. The van der Waals surface area contributed by atoms with Gasteiger partial charge in [0.15, 0.2) is 0 Å². The standard InChI is InChI=1S/C14H25N3/c1-11(2)13-6-5-12(3)14(9-13)7-8-17(4)10-16-15/h5-6,9,11,16H,7-8,10,15H2,1-4H3. The van der Waals surface area contributed by atoms with Gasteiger partial charge >= 0.3 is 0 Å². The van der Waals surface area contributed by atoms with Crippen LogP contribution in [0.4, 0.5) is 0 Å². The molecule has 3 N–H and O–H groups in total. The predicted molar refractivity (Wildman–Crippen MR) is 73.8 cm³/mol. The van der Waals surface area contributed by atoms with Gasteiger partial charge in [-0.1, -0.05) is 32.0 Å². The zero-order chi connectivity index (χ0) is 12.8. The van der Waals surface area contributed by atoms with Gasteiger partial charge in [0.25, 0.3) is 0 Å². The summed E-state index contributed by atoms with van der Waals surface area (Å²) >= 11 is 0. The Bertz CT molecular complexity index is 347. The van der Waals surface area contributed by atoms with Crippen LogP contribution in [0.1, 0.15) is 36.5 Å². The second kappa shape index (κ2) is 6.74. The molecule has 0 unspecified atom stereocenters. The Morgan fingerprint density at radius 3 is 2.65 bits per heavy atom. The van der Waals surface area contributed by atoms with E-state index in [2.05, 4.69) is 56.3 Å². The summed E-state index contributed by atoms with van der Waals surface area (Å²) in [6, 6.07) is 6.80. The Labute approximate surface area is 105 Å². The molecule has 0 saturated heterocycles. The number of nitrogens with zero attached hydrogens (tertiary/aromatic N) is 1. The summed E-state index contributed by atoms with van der Waals surface area (Å²) in [6.45, 7) is 8.40. The fraction of sp³-hybridized carbons (Fsp3) is 0.571. The third-order valence-corrected chi connectivity index (χ3v) is 3.16. The van der Waals surface area contributed by atoms with E-state index >= 15 is 0 Å². The highest BCUT2D eigenvalue weighted by molar-refractivity contribution is 5.32. The molecule has 0 heterocycles. The van der Waals surface area contributed by atoms with Crippen molar-refractivity contribution in [3.05, 3.63) is 34.9 Å². The summed E-state index contributed by atoms with van der Waals surface area (Å²) < 4.78 is 0. The maximum absolute atomic E-state index is 5.30. The van der Waals surface area contributed by atoms with Crippen LogP contribution in [0.2, 0.25) is 0 Å². The molecular weight excluding hydrogens is 210 g/mol. The smallest absolute Gasteiger partial charge is 0.0610 e. The number of nitrogens with two attached hydrogens (primary N) is 1. The lowest BCUT2D eigenvalue weighted by atomic mass is 9.96. The van der Waals surface area contributed by atoms with Crippen LogP contribution in [0.3, 0.4) is 0 Å². The molecule has 17 heavy (non-hydrogen) atoms. The Hall–Kier alpha value is -0.900. The van der Waals surface area contributed by atoms with E-state index in [0.29, 0.717) is 5.92 Å². The summed E-state index contributed by atoms with van der Waals surface area (Å²) in [5.41, 5.74) is 6.92. The van der Waals surface area contributed by atoms with E-state index in [1.165, 1.54) is 16.7 Å². The van der Waals surface area contributed by atoms with Crippen molar-refractivity contribution in [1.82, 2.24) is 10.3 Å². The molecule has 0 aliphatic carbocycles. The molecule has 96 valence electrons. The Kier molecular flexibility index (Phi) is 5.62. The maximum Gasteiger partial charge on any atom is 0.0610 e. The van der Waals surface area contributed by atoms with Gasteiger partial charge in [0, 0.05) is 6.54 Å². The van der Waals surface area contributed by atoms with Crippen LogP contribution in [0.15, 0.2) is 18.2 Å². The molecule has 0 radical (unpaired) electrons. The quantitative estimate of drug-likeness (QED) is 0.450. The van der Waals surface area contributed by atoms with Crippen molar-refractivity contribution in [2.24, 2.45) is 5.84 Å². The van der Waals surface area contributed by atoms with E-state index in [1.807, 2.05) is 0 Å². The highest BCUT2D eigenvalue weighted by atomic mass is 15.3. The summed E-state index contributed by atoms with van der Waals surface area (Å²) in [5, 5.41) is 0. The van der Waals surface area contributed by atoms with Gasteiger partial charge in [0.2, 0.25) is 0 Å². The van der Waals surface area contributed by atoms with Crippen molar-refractivity contribution in [3.63, 3.8) is 0 Å². The van der Waals surface area contributed by atoms with Gasteiger partial charge in [0.05, 0.1) is 6.67 Å². The number of aryl methyl sites for hydroxylation is 1. The topological polar surface area (TPSA) is 41.3 Å². The van der Waals surface area contributed by atoms with E-state index < -0.39 is 0 Å². The van der Waals surface area contributed by atoms with Gasteiger partial charge in [0.1, 0.15) is 0 Å². The Morgan fingerprint density at radius 2 is 2.06 bits per heavy atom. The number of hydrogen-bond donors (Lipinski definition) is 2. The highest BCUT2D eigenvalue weighted by Crippen LogP contribution is 2.19. The van der Waals surface area contributed by atoms with E-state index in [0.717, 1.165) is 19.6 Å². The summed E-state index contributed by atoms with van der Waals surface area (Å²) in [7, 11) is 2.07. The second-order valence-corrected chi connectivity index (χ2v) is 5.03. The molecular formula is C14H25N3. The fourth-order valence-electron chi connectivity index (χ4n) is 1.87. The lowest BCUT2D eigenvalue weighted by Crippen LogP contribution is -2.36. The van der Waals surface area contributed by atoms with Crippen molar-refractivity contribution in [3.8, 4) is 0 Å². The molecule has 0 saturated carbocycles. The van der Waals surface area contributed by atoms with E-state index in [4.69, 9.17) is 5.84 Å². The van der Waals surface area contributed by atoms with E-state index in [1.54, 1.807) is 0 Å². The van der Waals surface area contributed by atoms with Crippen LogP contribution in [-0.4, -0.2) is 25.2 Å². The lowest BCUT2D eigenvalue weighted by molar-refractivity contribution is 0.312. The van der Waals surface area contributed by atoms with Crippen LogP contribution < -0.4 is 11.3 Å². The van der Waals surface area contributed by atoms with Gasteiger partial charge in [-0.3, -0.25) is 10.7 Å². The van der Waals surface area contributed by atoms with E-state index in [-0.39, 0.29) is 0 Å². The lowest BCUT2D eigenvalue weighted by Gasteiger charge is -2.17.